The molecule has 0 N–H and O–H groups in total. The molecule has 0 aromatic rings. The van der Waals surface area contributed by atoms with Gasteiger partial charge in [-0.05, 0) is 19.3 Å². The monoisotopic (exact) mass is 237 g/mol. The average Bonchev–Trinajstić information content (AvgIpc) is 2.35. The molecule has 1 radical (unpaired) electrons. The summed E-state index contributed by atoms with van der Waals surface area (Å²) in [7, 11) is 0. The Bertz CT molecular complexity index is 146. The third-order valence-corrected chi connectivity index (χ3v) is 3.27. The minimum Gasteiger partial charge on any atom is -0.0888 e. The molecule has 0 saturated heterocycles. The van der Waals surface area contributed by atoms with Gasteiger partial charge in [0.2, 0.25) is 0 Å². The second kappa shape index (κ2) is 15.7. The van der Waals surface area contributed by atoms with Gasteiger partial charge in [-0.15, -0.1) is 0 Å². The molecule has 0 heteroatoms. The van der Waals surface area contributed by atoms with Crippen LogP contribution in [0.3, 0.4) is 0 Å². The van der Waals surface area contributed by atoms with Crippen molar-refractivity contribution in [3.63, 3.8) is 0 Å². The molecule has 0 saturated carbocycles. The number of hydrogen-bond donors (Lipinski definition) is 0. The first kappa shape index (κ1) is 16.7. The van der Waals surface area contributed by atoms with Crippen molar-refractivity contribution in [2.75, 3.05) is 0 Å². The largest absolute Gasteiger partial charge is 0.0888 e. The van der Waals surface area contributed by atoms with Gasteiger partial charge in [-0.1, -0.05) is 90.2 Å². The van der Waals surface area contributed by atoms with Crippen LogP contribution in [-0.4, -0.2) is 0 Å². The van der Waals surface area contributed by atoms with E-state index >= 15 is 0 Å². The molecule has 0 unspecified atom stereocenters. The van der Waals surface area contributed by atoms with E-state index in [9.17, 15) is 0 Å². The molecule has 0 nitrogen and oxygen atoms in total. The Morgan fingerprint density at radius 3 is 1.59 bits per heavy atom. The molecule has 0 aromatic heterocycles. The number of rotatable bonds is 13. The van der Waals surface area contributed by atoms with Crippen LogP contribution in [-0.2, 0) is 0 Å². The summed E-state index contributed by atoms with van der Waals surface area (Å²) in [5.41, 5.74) is 0. The fourth-order valence-electron chi connectivity index (χ4n) is 2.14. The van der Waals surface area contributed by atoms with Gasteiger partial charge >= 0.3 is 0 Å². The van der Waals surface area contributed by atoms with E-state index in [1.54, 1.807) is 0 Å². The molecule has 17 heavy (non-hydrogen) atoms. The zero-order valence-corrected chi connectivity index (χ0v) is 12.1. The Balaban J connectivity index is 2.91. The smallest absolute Gasteiger partial charge is 0.0351 e. The van der Waals surface area contributed by atoms with E-state index in [1.807, 2.05) is 0 Å². The van der Waals surface area contributed by atoms with E-state index in [0.29, 0.717) is 0 Å². The molecule has 0 amide bonds. The molecule has 0 aliphatic carbocycles. The second-order valence-electron chi connectivity index (χ2n) is 5.06. The maximum absolute atomic E-state index is 3.88. The van der Waals surface area contributed by atoms with Crippen molar-refractivity contribution in [2.24, 2.45) is 0 Å². The van der Waals surface area contributed by atoms with Gasteiger partial charge in [0.25, 0.3) is 0 Å². The van der Waals surface area contributed by atoms with E-state index in [2.05, 4.69) is 26.0 Å². The first-order chi connectivity index (χ1) is 8.41. The summed E-state index contributed by atoms with van der Waals surface area (Å²) >= 11 is 0. The lowest BCUT2D eigenvalue weighted by molar-refractivity contribution is 0.553. The maximum atomic E-state index is 3.88. The number of allylic oxidation sites excluding steroid dienone is 2. The van der Waals surface area contributed by atoms with Crippen LogP contribution >= 0.6 is 0 Å². The lowest BCUT2D eigenvalue weighted by Crippen LogP contribution is -1.81. The summed E-state index contributed by atoms with van der Waals surface area (Å²) in [5.74, 6) is 0. The normalized spacial score (nSPS) is 11.4. The van der Waals surface area contributed by atoms with E-state index in [4.69, 9.17) is 0 Å². The first-order valence-electron chi connectivity index (χ1n) is 7.86. The lowest BCUT2D eigenvalue weighted by Gasteiger charge is -2.01. The summed E-state index contributed by atoms with van der Waals surface area (Å²) in [6, 6.07) is 0. The highest BCUT2D eigenvalue weighted by Crippen LogP contribution is 2.11. The highest BCUT2D eigenvalue weighted by atomic mass is 14.0. The van der Waals surface area contributed by atoms with Gasteiger partial charge in [-0.3, -0.25) is 0 Å². The maximum Gasteiger partial charge on any atom is -0.0351 e. The predicted octanol–water partition coefficient (Wildman–Crippen LogP) is 6.47. The third kappa shape index (κ3) is 15.7. The molecule has 0 aliphatic heterocycles. The molecule has 0 rings (SSSR count). The summed E-state index contributed by atoms with van der Waals surface area (Å²) in [5, 5.41) is 0. The van der Waals surface area contributed by atoms with Crippen molar-refractivity contribution < 1.29 is 0 Å². The van der Waals surface area contributed by atoms with Gasteiger partial charge in [0, 0.05) is 0 Å². The predicted molar refractivity (Wildman–Crippen MR) is 80.2 cm³/mol. The summed E-state index contributed by atoms with van der Waals surface area (Å²) in [6.45, 7) is 6.08. The van der Waals surface area contributed by atoms with E-state index in [1.165, 1.54) is 77.0 Å². The van der Waals surface area contributed by atoms with Crippen molar-refractivity contribution in [2.45, 2.75) is 90.4 Å². The fourth-order valence-corrected chi connectivity index (χ4v) is 2.14. The van der Waals surface area contributed by atoms with Gasteiger partial charge in [-0.25, -0.2) is 0 Å². The zero-order chi connectivity index (χ0) is 12.6. The van der Waals surface area contributed by atoms with Crippen molar-refractivity contribution in [3.05, 3.63) is 19.1 Å². The Kier molecular flexibility index (Phi) is 15.5. The average molecular weight is 237 g/mol. The van der Waals surface area contributed by atoms with Gasteiger partial charge < -0.3 is 0 Å². The Morgan fingerprint density at radius 2 is 1.12 bits per heavy atom. The quantitative estimate of drug-likeness (QED) is 0.254. The third-order valence-electron chi connectivity index (χ3n) is 3.27. The van der Waals surface area contributed by atoms with Crippen LogP contribution in [0, 0.1) is 6.92 Å². The highest BCUT2D eigenvalue weighted by Gasteiger charge is 1.92. The van der Waals surface area contributed by atoms with Gasteiger partial charge in [-0.2, -0.15) is 0 Å². The van der Waals surface area contributed by atoms with Crippen LogP contribution in [0.2, 0.25) is 0 Å². The second-order valence-corrected chi connectivity index (χ2v) is 5.06. The van der Waals surface area contributed by atoms with Gasteiger partial charge in [0.15, 0.2) is 0 Å². The van der Waals surface area contributed by atoms with Crippen LogP contribution < -0.4 is 0 Å². The molecule has 0 heterocycles. The van der Waals surface area contributed by atoms with Crippen molar-refractivity contribution >= 4 is 0 Å². The van der Waals surface area contributed by atoms with Crippen LogP contribution in [0.15, 0.2) is 12.2 Å². The number of hydrogen-bond acceptors (Lipinski definition) is 0. The molecule has 0 atom stereocenters. The van der Waals surface area contributed by atoms with Crippen molar-refractivity contribution in [1.29, 1.82) is 0 Å². The van der Waals surface area contributed by atoms with E-state index < -0.39 is 0 Å². The minimum atomic E-state index is 1.12. The standard InChI is InChI=1S/C17H33/c1-3-5-7-9-11-13-15-17-16-14-12-10-8-6-4-2/h6,8H,1,3-5,7,9-17H2,2H3/b8-6+. The Morgan fingerprint density at radius 1 is 0.647 bits per heavy atom. The Hall–Kier alpha value is -0.260. The molecule has 0 fully saturated rings. The number of unbranched alkanes of at least 4 members (excludes halogenated alkanes) is 11. The highest BCUT2D eigenvalue weighted by molar-refractivity contribution is 4.79. The molecular formula is C17H33. The topological polar surface area (TPSA) is 0 Å². The summed E-state index contributed by atoms with van der Waals surface area (Å²) < 4.78 is 0. The molecule has 0 aromatic carbocycles. The minimum absolute atomic E-state index is 1.12. The van der Waals surface area contributed by atoms with Crippen LogP contribution in [0.5, 0.6) is 0 Å². The summed E-state index contributed by atoms with van der Waals surface area (Å²) in [4.78, 5) is 0. The van der Waals surface area contributed by atoms with E-state index in [-0.39, 0.29) is 0 Å². The van der Waals surface area contributed by atoms with Crippen molar-refractivity contribution in [1.82, 2.24) is 0 Å². The first-order valence-corrected chi connectivity index (χ1v) is 7.86. The molecule has 0 bridgehead atoms. The zero-order valence-electron chi connectivity index (χ0n) is 12.1. The summed E-state index contributed by atoms with van der Waals surface area (Å²) in [6.07, 6.45) is 22.4. The van der Waals surface area contributed by atoms with Crippen LogP contribution in [0.4, 0.5) is 0 Å². The van der Waals surface area contributed by atoms with E-state index in [0.717, 1.165) is 6.42 Å². The molecular weight excluding hydrogens is 204 g/mol. The van der Waals surface area contributed by atoms with Gasteiger partial charge in [0.05, 0.1) is 0 Å². The van der Waals surface area contributed by atoms with Crippen LogP contribution in [0.25, 0.3) is 0 Å². The van der Waals surface area contributed by atoms with Crippen molar-refractivity contribution in [3.8, 4) is 0 Å². The Labute approximate surface area is 110 Å². The molecule has 0 spiro atoms. The molecule has 0 aliphatic rings. The molecule has 101 valence electrons. The van der Waals surface area contributed by atoms with Gasteiger partial charge in [0.1, 0.15) is 0 Å². The fraction of sp³-hybridized carbons (Fsp3) is 0.824. The SMILES string of the molecule is [CH2]CCCCCCCCCCCC/C=C/CC. The lowest BCUT2D eigenvalue weighted by atomic mass is 10.1. The van der Waals surface area contributed by atoms with Crippen LogP contribution in [0.1, 0.15) is 90.4 Å².